The topological polar surface area (TPSA) is 55.8 Å². The van der Waals surface area contributed by atoms with E-state index in [0.29, 0.717) is 11.3 Å². The van der Waals surface area contributed by atoms with Crippen molar-refractivity contribution in [1.29, 1.82) is 0 Å². The molecule has 23 heavy (non-hydrogen) atoms. The van der Waals surface area contributed by atoms with Gasteiger partial charge in [-0.3, -0.25) is 4.79 Å². The van der Waals surface area contributed by atoms with E-state index in [1.165, 1.54) is 18.7 Å². The molecule has 0 fully saturated rings. The molecule has 1 N–H and O–H groups in total. The summed E-state index contributed by atoms with van der Waals surface area (Å²) in [6.07, 6.45) is -0.183. The first-order chi connectivity index (χ1) is 10.9. The van der Waals surface area contributed by atoms with Crippen molar-refractivity contribution in [2.24, 2.45) is 0 Å². The van der Waals surface area contributed by atoms with Crippen LogP contribution in [0.15, 0.2) is 24.3 Å². The molecule has 1 atom stereocenters. The minimum absolute atomic E-state index is 0.0489. The van der Waals surface area contributed by atoms with Crippen molar-refractivity contribution < 1.29 is 19.4 Å². The van der Waals surface area contributed by atoms with Gasteiger partial charge in [0.2, 0.25) is 0 Å². The molecule has 4 nitrogen and oxygen atoms in total. The zero-order valence-electron chi connectivity index (χ0n) is 13.3. The maximum Gasteiger partial charge on any atom is 0.174 e. The molecule has 1 aliphatic rings. The molecule has 1 aliphatic heterocycles. The summed E-state index contributed by atoms with van der Waals surface area (Å²) in [5.41, 5.74) is 3.60. The Morgan fingerprint density at radius 2 is 2.00 bits per heavy atom. The maximum atomic E-state index is 12.6. The summed E-state index contributed by atoms with van der Waals surface area (Å²) < 4.78 is 11.1. The Balaban J connectivity index is 2.05. The zero-order chi connectivity index (χ0) is 16.7. The van der Waals surface area contributed by atoms with Crippen molar-refractivity contribution in [2.45, 2.75) is 26.4 Å². The Kier molecular flexibility index (Phi) is 3.80. The van der Waals surface area contributed by atoms with Crippen molar-refractivity contribution in [1.82, 2.24) is 0 Å². The second-order valence-electron chi connectivity index (χ2n) is 5.79. The first-order valence-electron chi connectivity index (χ1n) is 7.38. The molecule has 0 amide bonds. The normalized spacial score (nSPS) is 16.7. The number of Topliss-reactive ketones (excluding diaryl/α,β-unsaturated/α-hetero) is 1. The second-order valence-corrected chi connectivity index (χ2v) is 5.79. The smallest absolute Gasteiger partial charge is 0.174 e. The van der Waals surface area contributed by atoms with E-state index in [1.807, 2.05) is 32.0 Å². The number of phenols is 1. The molecular formula is C18H17BO4. The number of fused-ring (bicyclic) bond motifs is 1. The Morgan fingerprint density at radius 3 is 2.65 bits per heavy atom. The Hall–Kier alpha value is -2.43. The van der Waals surface area contributed by atoms with Crippen LogP contribution in [0.5, 0.6) is 17.2 Å². The maximum absolute atomic E-state index is 12.6. The zero-order valence-corrected chi connectivity index (χ0v) is 13.3. The molecule has 5 heteroatoms. The van der Waals surface area contributed by atoms with E-state index in [0.717, 1.165) is 11.1 Å². The quantitative estimate of drug-likeness (QED) is 0.866. The second kappa shape index (κ2) is 5.65. The van der Waals surface area contributed by atoms with Crippen LogP contribution in [-0.4, -0.2) is 25.8 Å². The number of phenolic OH excluding ortho intramolecular Hbond substituents is 1. The SMILES string of the molecule is [B]c1c(O)cc2c(c1OC)C(=O)CC(c1ccc(C)c(C)c1)O2. The number of hydrogen-bond acceptors (Lipinski definition) is 4. The highest BCUT2D eigenvalue weighted by Crippen LogP contribution is 2.40. The van der Waals surface area contributed by atoms with Crippen molar-refractivity contribution in [2.75, 3.05) is 7.11 Å². The van der Waals surface area contributed by atoms with Crippen molar-refractivity contribution in [3.05, 3.63) is 46.5 Å². The lowest BCUT2D eigenvalue weighted by atomic mass is 9.87. The third-order valence-electron chi connectivity index (χ3n) is 4.29. The molecule has 2 radical (unpaired) electrons. The van der Waals surface area contributed by atoms with Gasteiger partial charge in [0.25, 0.3) is 0 Å². The van der Waals surface area contributed by atoms with Gasteiger partial charge in [0.05, 0.1) is 13.5 Å². The number of benzene rings is 2. The van der Waals surface area contributed by atoms with Crippen LogP contribution in [0.4, 0.5) is 0 Å². The minimum Gasteiger partial charge on any atom is -0.508 e. The lowest BCUT2D eigenvalue weighted by Gasteiger charge is -2.28. The van der Waals surface area contributed by atoms with Crippen molar-refractivity contribution in [3.63, 3.8) is 0 Å². The fourth-order valence-electron chi connectivity index (χ4n) is 2.82. The predicted molar refractivity (Wildman–Crippen MR) is 88.3 cm³/mol. The van der Waals surface area contributed by atoms with E-state index in [9.17, 15) is 9.90 Å². The molecule has 0 saturated carbocycles. The molecule has 0 aliphatic carbocycles. The monoisotopic (exact) mass is 308 g/mol. The third-order valence-corrected chi connectivity index (χ3v) is 4.29. The van der Waals surface area contributed by atoms with Gasteiger partial charge in [0.1, 0.15) is 36.8 Å². The third kappa shape index (κ3) is 2.56. The summed E-state index contributed by atoms with van der Waals surface area (Å²) in [5.74, 6) is 0.198. The largest absolute Gasteiger partial charge is 0.508 e. The number of carbonyl (C=O) groups is 1. The van der Waals surface area contributed by atoms with E-state index in [1.54, 1.807) is 0 Å². The summed E-state index contributed by atoms with van der Waals surface area (Å²) >= 11 is 0. The van der Waals surface area contributed by atoms with E-state index < -0.39 is 0 Å². The highest BCUT2D eigenvalue weighted by molar-refractivity contribution is 6.37. The predicted octanol–water partition coefficient (Wildman–Crippen LogP) is 2.52. The summed E-state index contributed by atoms with van der Waals surface area (Å²) in [5, 5.41) is 9.91. The number of aromatic hydroxyl groups is 1. The van der Waals surface area contributed by atoms with Gasteiger partial charge in [-0.25, -0.2) is 0 Å². The lowest BCUT2D eigenvalue weighted by Crippen LogP contribution is -2.24. The van der Waals surface area contributed by atoms with Crippen LogP contribution >= 0.6 is 0 Å². The van der Waals surface area contributed by atoms with Crippen LogP contribution in [0.1, 0.15) is 39.6 Å². The van der Waals surface area contributed by atoms with E-state index in [-0.39, 0.29) is 35.3 Å². The molecule has 116 valence electrons. The number of rotatable bonds is 2. The molecule has 1 heterocycles. The van der Waals surface area contributed by atoms with E-state index >= 15 is 0 Å². The Labute approximate surface area is 136 Å². The Morgan fingerprint density at radius 1 is 1.26 bits per heavy atom. The van der Waals surface area contributed by atoms with Gasteiger partial charge in [-0.1, -0.05) is 18.2 Å². The molecule has 0 aromatic heterocycles. The number of carbonyl (C=O) groups excluding carboxylic acids is 1. The summed E-state index contributed by atoms with van der Waals surface area (Å²) in [6, 6.07) is 7.36. The highest BCUT2D eigenvalue weighted by Gasteiger charge is 2.32. The van der Waals surface area contributed by atoms with Crippen molar-refractivity contribution in [3.8, 4) is 17.2 Å². The van der Waals surface area contributed by atoms with Crippen LogP contribution in [-0.2, 0) is 0 Å². The van der Waals surface area contributed by atoms with Gasteiger partial charge < -0.3 is 14.6 Å². The van der Waals surface area contributed by atoms with Crippen LogP contribution in [0.25, 0.3) is 0 Å². The number of ketones is 1. The van der Waals surface area contributed by atoms with Gasteiger partial charge in [-0.2, -0.15) is 0 Å². The summed E-state index contributed by atoms with van der Waals surface area (Å²) in [4.78, 5) is 12.6. The molecule has 0 saturated heterocycles. The number of aryl methyl sites for hydroxylation is 2. The van der Waals surface area contributed by atoms with Gasteiger partial charge in [0.15, 0.2) is 5.78 Å². The summed E-state index contributed by atoms with van der Waals surface area (Å²) in [6.45, 7) is 4.06. The van der Waals surface area contributed by atoms with Crippen LogP contribution in [0, 0.1) is 13.8 Å². The number of hydrogen-bond donors (Lipinski definition) is 1. The fraction of sp³-hybridized carbons (Fsp3) is 0.278. The highest BCUT2D eigenvalue weighted by atomic mass is 16.5. The molecule has 0 spiro atoms. The first kappa shape index (κ1) is 15.5. The summed E-state index contributed by atoms with van der Waals surface area (Å²) in [7, 11) is 7.19. The van der Waals surface area contributed by atoms with Gasteiger partial charge in [-0.05, 0) is 36.0 Å². The van der Waals surface area contributed by atoms with Crippen molar-refractivity contribution >= 4 is 19.1 Å². The molecule has 2 aromatic carbocycles. The fourth-order valence-corrected chi connectivity index (χ4v) is 2.82. The molecule has 1 unspecified atom stereocenters. The van der Waals surface area contributed by atoms with Crippen LogP contribution in [0.2, 0.25) is 0 Å². The lowest BCUT2D eigenvalue weighted by molar-refractivity contribution is 0.0844. The number of ether oxygens (including phenoxy) is 2. The van der Waals surface area contributed by atoms with Crippen LogP contribution in [0.3, 0.4) is 0 Å². The molecule has 0 bridgehead atoms. The average molecular weight is 308 g/mol. The van der Waals surface area contributed by atoms with E-state index in [2.05, 4.69) is 0 Å². The van der Waals surface area contributed by atoms with Crippen LogP contribution < -0.4 is 14.9 Å². The molecular weight excluding hydrogens is 291 g/mol. The average Bonchev–Trinajstić information content (AvgIpc) is 2.51. The standard InChI is InChI=1S/C18H17BO4/c1-9-4-5-11(6-10(9)2)14-7-12(20)16-15(23-14)8-13(21)17(19)18(16)22-3/h4-6,8,14,21H,7H2,1-3H3. The molecule has 2 aromatic rings. The van der Waals surface area contributed by atoms with Gasteiger partial charge in [0, 0.05) is 6.07 Å². The minimum atomic E-state index is -0.387. The Bertz CT molecular complexity index is 798. The van der Waals surface area contributed by atoms with E-state index in [4.69, 9.17) is 17.3 Å². The van der Waals surface area contributed by atoms with Gasteiger partial charge >= 0.3 is 0 Å². The van der Waals surface area contributed by atoms with Gasteiger partial charge in [-0.15, -0.1) is 0 Å². The molecule has 3 rings (SSSR count). The number of methoxy groups -OCH3 is 1. The first-order valence-corrected chi connectivity index (χ1v) is 7.38.